The maximum Gasteiger partial charge on any atom is 0.265 e. The Morgan fingerprint density at radius 1 is 0.938 bits per heavy atom. The molecule has 5 aromatic rings. The van der Waals surface area contributed by atoms with E-state index in [0.717, 1.165) is 53.5 Å². The summed E-state index contributed by atoms with van der Waals surface area (Å²) < 4.78 is 1.93. The molecule has 3 aromatic carbocycles. The van der Waals surface area contributed by atoms with E-state index >= 15 is 0 Å². The van der Waals surface area contributed by atoms with E-state index in [1.54, 1.807) is 12.5 Å². The van der Waals surface area contributed by atoms with E-state index < -0.39 is 5.60 Å². The summed E-state index contributed by atoms with van der Waals surface area (Å²) in [4.78, 5) is 35.1. The molecule has 3 N–H and O–H groups in total. The minimum absolute atomic E-state index is 0.112. The first kappa shape index (κ1) is 31.4. The molecule has 9 nitrogen and oxygen atoms in total. The Kier molecular flexibility index (Phi) is 8.84. The zero-order chi connectivity index (χ0) is 33.1. The van der Waals surface area contributed by atoms with Gasteiger partial charge in [-0.25, -0.2) is 4.98 Å². The fourth-order valence-electron chi connectivity index (χ4n) is 6.51. The summed E-state index contributed by atoms with van der Waals surface area (Å²) in [6.07, 6.45) is 11.8. The van der Waals surface area contributed by atoms with Gasteiger partial charge in [-0.2, -0.15) is 0 Å². The molecule has 0 saturated carbocycles. The average molecular weight is 659 g/mol. The van der Waals surface area contributed by atoms with Crippen LogP contribution in [0.25, 0.3) is 6.08 Å². The second kappa shape index (κ2) is 13.5. The van der Waals surface area contributed by atoms with Gasteiger partial charge in [-0.05, 0) is 110 Å². The first-order chi connectivity index (χ1) is 23.3. The molecule has 2 aromatic heterocycles. The van der Waals surface area contributed by atoms with Crippen LogP contribution >= 0.6 is 11.3 Å². The van der Waals surface area contributed by atoms with Crippen LogP contribution in [-0.2, 0) is 6.54 Å². The summed E-state index contributed by atoms with van der Waals surface area (Å²) in [7, 11) is 0. The predicted octanol–water partition coefficient (Wildman–Crippen LogP) is 7.42. The van der Waals surface area contributed by atoms with Crippen LogP contribution in [0, 0.1) is 0 Å². The maximum atomic E-state index is 13.3. The molecule has 4 heterocycles. The topological polar surface area (TPSA) is 103 Å². The number of aromatic nitrogens is 2. The molecular formula is C38H38N6O3S. The third-order valence-corrected chi connectivity index (χ3v) is 10.0. The molecule has 2 amide bonds. The van der Waals surface area contributed by atoms with Crippen molar-refractivity contribution in [3.8, 4) is 0 Å². The molecule has 1 fully saturated rings. The quantitative estimate of drug-likeness (QED) is 0.160. The number of aliphatic hydroxyl groups is 1. The lowest BCUT2D eigenvalue weighted by molar-refractivity contribution is -0.0000792. The molecule has 0 spiro atoms. The average Bonchev–Trinajstić information content (AvgIpc) is 3.80. The number of carbonyl (C=O) groups excluding carboxylic acids is 2. The summed E-state index contributed by atoms with van der Waals surface area (Å²) in [5, 5.41) is 19.0. The number of hydrogen-bond donors (Lipinski definition) is 3. The molecule has 2 aliphatic heterocycles. The lowest BCUT2D eigenvalue weighted by atomic mass is 9.91. The number of imidazole rings is 1. The van der Waals surface area contributed by atoms with Gasteiger partial charge in [-0.1, -0.05) is 18.2 Å². The van der Waals surface area contributed by atoms with Gasteiger partial charge in [-0.15, -0.1) is 11.3 Å². The van der Waals surface area contributed by atoms with Gasteiger partial charge in [0.25, 0.3) is 11.8 Å². The number of piperidine rings is 1. The van der Waals surface area contributed by atoms with Crippen LogP contribution in [0.15, 0.2) is 109 Å². The van der Waals surface area contributed by atoms with Crippen LogP contribution in [-0.4, -0.2) is 51.2 Å². The number of amides is 2. The molecule has 2 aliphatic rings. The van der Waals surface area contributed by atoms with Crippen molar-refractivity contribution in [1.82, 2.24) is 9.55 Å². The van der Waals surface area contributed by atoms with Crippen LogP contribution in [0.1, 0.15) is 51.8 Å². The fourth-order valence-corrected chi connectivity index (χ4v) is 7.12. The first-order valence-corrected chi connectivity index (χ1v) is 17.1. The van der Waals surface area contributed by atoms with Crippen molar-refractivity contribution in [3.63, 3.8) is 0 Å². The summed E-state index contributed by atoms with van der Waals surface area (Å²) in [6.45, 7) is 4.22. The number of benzene rings is 3. The van der Waals surface area contributed by atoms with Gasteiger partial charge < -0.3 is 30.1 Å². The summed E-state index contributed by atoms with van der Waals surface area (Å²) in [6, 6.07) is 25.5. The van der Waals surface area contributed by atoms with E-state index in [9.17, 15) is 14.7 Å². The SMILES string of the molecule is CC1CC=Cc2cc(NC(=O)c3ccc(N4CCC(O)(Cn5ccnc5)CC4)cc3)ccc2N1c1ccc(NC(=O)c2cccs2)cc1. The minimum atomic E-state index is -0.747. The van der Waals surface area contributed by atoms with Crippen molar-refractivity contribution < 1.29 is 14.7 Å². The highest BCUT2D eigenvalue weighted by molar-refractivity contribution is 7.12. The molecular weight excluding hydrogens is 621 g/mol. The summed E-state index contributed by atoms with van der Waals surface area (Å²) in [5.41, 5.74) is 5.43. The number of carbonyl (C=O) groups is 2. The zero-order valence-electron chi connectivity index (χ0n) is 26.8. The molecule has 1 saturated heterocycles. The van der Waals surface area contributed by atoms with Gasteiger partial charge in [-0.3, -0.25) is 9.59 Å². The third-order valence-electron chi connectivity index (χ3n) is 9.13. The smallest absolute Gasteiger partial charge is 0.265 e. The maximum absolute atomic E-state index is 13.3. The van der Waals surface area contributed by atoms with E-state index in [1.165, 1.54) is 11.3 Å². The lowest BCUT2D eigenvalue weighted by Gasteiger charge is -2.39. The summed E-state index contributed by atoms with van der Waals surface area (Å²) in [5.74, 6) is -0.280. The predicted molar refractivity (Wildman–Crippen MR) is 193 cm³/mol. The first-order valence-electron chi connectivity index (χ1n) is 16.2. The normalized spacial score (nSPS) is 17.0. The molecule has 0 aliphatic carbocycles. The molecule has 10 heteroatoms. The highest BCUT2D eigenvalue weighted by Crippen LogP contribution is 2.37. The largest absolute Gasteiger partial charge is 0.388 e. The van der Waals surface area contributed by atoms with Crippen molar-refractivity contribution in [2.24, 2.45) is 0 Å². The van der Waals surface area contributed by atoms with Gasteiger partial charge in [0.1, 0.15) is 0 Å². The van der Waals surface area contributed by atoms with Crippen molar-refractivity contribution in [3.05, 3.63) is 125 Å². The molecule has 0 bridgehead atoms. The Hall–Kier alpha value is -5.19. The van der Waals surface area contributed by atoms with E-state index in [-0.39, 0.29) is 17.9 Å². The van der Waals surface area contributed by atoms with E-state index in [2.05, 4.69) is 50.6 Å². The van der Waals surface area contributed by atoms with Crippen molar-refractivity contribution in [2.75, 3.05) is 33.5 Å². The Labute approximate surface area is 284 Å². The standard InChI is InChI=1S/C38H38N6O3S/c1-27-4-2-5-29-24-31(11-16-34(29)44(27)33-14-9-30(10-15-33)40-37(46)35-6-3-23-48-35)41-36(45)28-7-12-32(13-8-28)43-20-17-38(47,18-21-43)25-42-22-19-39-26-42/h2-3,5-16,19,22-24,26-27,47H,4,17-18,20-21,25H2,1H3,(H,40,46)(H,41,45). The monoisotopic (exact) mass is 658 g/mol. The highest BCUT2D eigenvalue weighted by atomic mass is 32.1. The molecule has 1 atom stereocenters. The van der Waals surface area contributed by atoms with Crippen LogP contribution in [0.5, 0.6) is 0 Å². The van der Waals surface area contributed by atoms with Crippen molar-refractivity contribution in [1.29, 1.82) is 0 Å². The second-order valence-corrected chi connectivity index (χ2v) is 13.5. The number of rotatable bonds is 8. The van der Waals surface area contributed by atoms with E-state index in [4.69, 9.17) is 0 Å². The van der Waals surface area contributed by atoms with E-state index in [0.29, 0.717) is 29.8 Å². The molecule has 0 radical (unpaired) electrons. The molecule has 1 unspecified atom stereocenters. The third kappa shape index (κ3) is 6.90. The Morgan fingerprint density at radius 2 is 1.67 bits per heavy atom. The van der Waals surface area contributed by atoms with Gasteiger partial charge in [0.05, 0.1) is 23.4 Å². The fraction of sp³-hybridized carbons (Fsp3) is 0.237. The number of thiophene rings is 1. The van der Waals surface area contributed by atoms with Crippen LogP contribution in [0.2, 0.25) is 0 Å². The Morgan fingerprint density at radius 3 is 2.38 bits per heavy atom. The van der Waals surface area contributed by atoms with Crippen molar-refractivity contribution in [2.45, 2.75) is 44.4 Å². The number of hydrogen-bond acceptors (Lipinski definition) is 7. The zero-order valence-corrected chi connectivity index (χ0v) is 27.6. The van der Waals surface area contributed by atoms with Crippen molar-refractivity contribution >= 4 is 57.7 Å². The molecule has 7 rings (SSSR count). The number of nitrogens with zero attached hydrogens (tertiary/aromatic N) is 4. The van der Waals surface area contributed by atoms with Crippen LogP contribution in [0.4, 0.5) is 28.4 Å². The Bertz CT molecular complexity index is 1900. The minimum Gasteiger partial charge on any atom is -0.388 e. The Balaban J connectivity index is 0.996. The van der Waals surface area contributed by atoms with Crippen LogP contribution < -0.4 is 20.4 Å². The van der Waals surface area contributed by atoms with Gasteiger partial charge >= 0.3 is 0 Å². The van der Waals surface area contributed by atoms with Gasteiger partial charge in [0.15, 0.2) is 0 Å². The number of fused-ring (bicyclic) bond motifs is 1. The number of anilines is 5. The van der Waals surface area contributed by atoms with Crippen LogP contribution in [0.3, 0.4) is 0 Å². The van der Waals surface area contributed by atoms with Gasteiger partial charge in [0, 0.05) is 65.5 Å². The molecule has 48 heavy (non-hydrogen) atoms. The molecule has 244 valence electrons. The summed E-state index contributed by atoms with van der Waals surface area (Å²) >= 11 is 1.42. The van der Waals surface area contributed by atoms with E-state index in [1.807, 2.05) is 88.9 Å². The second-order valence-electron chi connectivity index (χ2n) is 12.6. The highest BCUT2D eigenvalue weighted by Gasteiger charge is 2.33. The lowest BCUT2D eigenvalue weighted by Crippen LogP contribution is -2.46. The van der Waals surface area contributed by atoms with Gasteiger partial charge in [0.2, 0.25) is 0 Å². The number of nitrogens with one attached hydrogen (secondary N) is 2.